The molecule has 1 heterocycles. The van der Waals surface area contributed by atoms with Crippen LogP contribution in [0.4, 0.5) is 11.4 Å². The second kappa shape index (κ2) is 6.43. The summed E-state index contributed by atoms with van der Waals surface area (Å²) in [6.45, 7) is 5.16. The van der Waals surface area contributed by atoms with Gasteiger partial charge in [-0.1, -0.05) is 13.8 Å². The monoisotopic (exact) mass is 286 g/mol. The van der Waals surface area contributed by atoms with Gasteiger partial charge in [-0.15, -0.1) is 0 Å². The number of hydrogen-bond acceptors (Lipinski definition) is 4. The average Bonchev–Trinajstić information content (AvgIpc) is 2.44. The molecule has 1 aromatic heterocycles. The fraction of sp³-hybridized carbons (Fsp3) is 0.375. The molecule has 21 heavy (non-hydrogen) atoms. The topological polar surface area (TPSA) is 71.2 Å². The first-order chi connectivity index (χ1) is 9.97. The number of amides is 1. The van der Waals surface area contributed by atoms with E-state index in [4.69, 9.17) is 5.73 Å². The molecule has 0 spiro atoms. The Morgan fingerprint density at radius 3 is 2.86 bits per heavy atom. The summed E-state index contributed by atoms with van der Waals surface area (Å²) in [4.78, 5) is 18.2. The highest BCUT2D eigenvalue weighted by molar-refractivity contribution is 5.94. The van der Waals surface area contributed by atoms with E-state index >= 15 is 0 Å². The van der Waals surface area contributed by atoms with E-state index < -0.39 is 0 Å². The molecule has 0 fully saturated rings. The van der Waals surface area contributed by atoms with Crippen molar-refractivity contribution in [3.63, 3.8) is 0 Å². The van der Waals surface area contributed by atoms with Crippen LogP contribution < -0.4 is 16.0 Å². The third kappa shape index (κ3) is 3.84. The number of likely N-dealkylation sites (N-methyl/N-ethyl adjacent to an activating group) is 1. The number of benzene rings is 1. The summed E-state index contributed by atoms with van der Waals surface area (Å²) in [7, 11) is 1.90. The molecule has 5 nitrogen and oxygen atoms in total. The third-order valence-corrected chi connectivity index (χ3v) is 3.24. The molecular weight excluding hydrogens is 264 g/mol. The third-order valence-electron chi connectivity index (χ3n) is 3.24. The predicted molar refractivity (Wildman–Crippen MR) is 87.3 cm³/mol. The number of hydrogen-bond donors (Lipinski definition) is 2. The lowest BCUT2D eigenvalue weighted by Crippen LogP contribution is -2.36. The Kier molecular flexibility index (Phi) is 4.62. The molecule has 0 saturated carbocycles. The van der Waals surface area contributed by atoms with Crippen molar-refractivity contribution < 1.29 is 4.79 Å². The fourth-order valence-corrected chi connectivity index (χ4v) is 2.16. The largest absolute Gasteiger partial charge is 0.399 e. The molecule has 2 rings (SSSR count). The number of anilines is 2. The molecule has 0 radical (unpaired) electrons. The van der Waals surface area contributed by atoms with E-state index in [0.29, 0.717) is 24.7 Å². The van der Waals surface area contributed by atoms with Crippen molar-refractivity contribution in [1.82, 2.24) is 10.3 Å². The van der Waals surface area contributed by atoms with Gasteiger partial charge in [-0.3, -0.25) is 9.78 Å². The quantitative estimate of drug-likeness (QED) is 0.825. The van der Waals surface area contributed by atoms with Crippen LogP contribution in [0.3, 0.4) is 0 Å². The van der Waals surface area contributed by atoms with Crippen LogP contribution in [0.15, 0.2) is 30.5 Å². The molecule has 0 unspecified atom stereocenters. The van der Waals surface area contributed by atoms with Gasteiger partial charge in [0.2, 0.25) is 5.91 Å². The van der Waals surface area contributed by atoms with Crippen molar-refractivity contribution in [1.29, 1.82) is 0 Å². The summed E-state index contributed by atoms with van der Waals surface area (Å²) in [5.41, 5.74) is 8.27. The van der Waals surface area contributed by atoms with Gasteiger partial charge in [-0.05, 0) is 30.2 Å². The maximum Gasteiger partial charge on any atom is 0.239 e. The zero-order valence-electron chi connectivity index (χ0n) is 12.8. The van der Waals surface area contributed by atoms with Crippen molar-refractivity contribution in [3.05, 3.63) is 30.5 Å². The highest BCUT2D eigenvalue weighted by Gasteiger charge is 2.11. The smallest absolute Gasteiger partial charge is 0.239 e. The van der Waals surface area contributed by atoms with Crippen LogP contribution in [0.25, 0.3) is 10.9 Å². The van der Waals surface area contributed by atoms with Crippen molar-refractivity contribution in [2.75, 3.05) is 30.8 Å². The average molecular weight is 286 g/mol. The number of nitrogens with two attached hydrogens (primary N) is 1. The maximum atomic E-state index is 11.9. The summed E-state index contributed by atoms with van der Waals surface area (Å²) in [5, 5.41) is 3.92. The Morgan fingerprint density at radius 1 is 1.38 bits per heavy atom. The molecule has 0 atom stereocenters. The molecule has 0 aliphatic rings. The number of carbonyl (C=O) groups excluding carboxylic acids is 1. The number of nitrogen functional groups attached to an aromatic ring is 1. The van der Waals surface area contributed by atoms with Gasteiger partial charge in [0.1, 0.15) is 0 Å². The van der Waals surface area contributed by atoms with Crippen LogP contribution in [0, 0.1) is 5.92 Å². The number of carbonyl (C=O) groups is 1. The van der Waals surface area contributed by atoms with E-state index in [0.717, 1.165) is 16.6 Å². The van der Waals surface area contributed by atoms with Gasteiger partial charge >= 0.3 is 0 Å². The Hall–Kier alpha value is -2.30. The second-order valence-corrected chi connectivity index (χ2v) is 5.66. The minimum Gasteiger partial charge on any atom is -0.399 e. The van der Waals surface area contributed by atoms with Crippen LogP contribution in [0.2, 0.25) is 0 Å². The van der Waals surface area contributed by atoms with Gasteiger partial charge in [0.25, 0.3) is 0 Å². The molecule has 1 amide bonds. The van der Waals surface area contributed by atoms with Crippen LogP contribution in [-0.4, -0.2) is 31.0 Å². The zero-order chi connectivity index (χ0) is 15.4. The van der Waals surface area contributed by atoms with E-state index in [1.165, 1.54) is 0 Å². The van der Waals surface area contributed by atoms with Crippen molar-refractivity contribution in [2.45, 2.75) is 13.8 Å². The molecule has 2 aromatic rings. The molecule has 0 saturated heterocycles. The number of nitrogens with one attached hydrogen (secondary N) is 1. The highest BCUT2D eigenvalue weighted by atomic mass is 16.2. The summed E-state index contributed by atoms with van der Waals surface area (Å²) >= 11 is 0. The van der Waals surface area contributed by atoms with E-state index in [1.807, 2.05) is 36.2 Å². The van der Waals surface area contributed by atoms with Gasteiger partial charge in [-0.25, -0.2) is 0 Å². The van der Waals surface area contributed by atoms with E-state index in [1.54, 1.807) is 6.20 Å². The van der Waals surface area contributed by atoms with Gasteiger partial charge in [0.05, 0.1) is 12.1 Å². The van der Waals surface area contributed by atoms with Crippen molar-refractivity contribution in [2.24, 2.45) is 5.92 Å². The second-order valence-electron chi connectivity index (χ2n) is 5.66. The maximum absolute atomic E-state index is 11.9. The Balaban J connectivity index is 2.16. The van der Waals surface area contributed by atoms with Crippen molar-refractivity contribution >= 4 is 28.2 Å². The summed E-state index contributed by atoms with van der Waals surface area (Å²) in [6.07, 6.45) is 1.74. The van der Waals surface area contributed by atoms with Gasteiger partial charge in [0.15, 0.2) is 0 Å². The molecule has 3 N–H and O–H groups in total. The summed E-state index contributed by atoms with van der Waals surface area (Å²) in [6, 6.07) is 7.54. The lowest BCUT2D eigenvalue weighted by Gasteiger charge is -2.21. The zero-order valence-corrected chi connectivity index (χ0v) is 12.8. The molecule has 5 heteroatoms. The first-order valence-corrected chi connectivity index (χ1v) is 7.09. The molecule has 1 aromatic carbocycles. The number of aromatic nitrogens is 1. The number of rotatable bonds is 5. The fourth-order valence-electron chi connectivity index (χ4n) is 2.16. The predicted octanol–water partition coefficient (Wildman–Crippen LogP) is 2.03. The van der Waals surface area contributed by atoms with E-state index in [-0.39, 0.29) is 5.91 Å². The minimum absolute atomic E-state index is 0.0200. The van der Waals surface area contributed by atoms with Crippen LogP contribution in [-0.2, 0) is 4.79 Å². The first kappa shape index (κ1) is 15.1. The van der Waals surface area contributed by atoms with E-state index in [9.17, 15) is 4.79 Å². The number of pyridine rings is 1. The Labute approximate surface area is 125 Å². The summed E-state index contributed by atoms with van der Waals surface area (Å²) in [5.74, 6) is 0.468. The lowest BCUT2D eigenvalue weighted by molar-refractivity contribution is -0.119. The van der Waals surface area contributed by atoms with Gasteiger partial charge < -0.3 is 16.0 Å². The van der Waals surface area contributed by atoms with Crippen LogP contribution in [0.1, 0.15) is 13.8 Å². The molecule has 0 aliphatic carbocycles. The lowest BCUT2D eigenvalue weighted by atomic mass is 10.1. The van der Waals surface area contributed by atoms with Gasteiger partial charge in [-0.2, -0.15) is 0 Å². The Morgan fingerprint density at radius 2 is 2.14 bits per heavy atom. The van der Waals surface area contributed by atoms with Crippen LogP contribution >= 0.6 is 0 Å². The van der Waals surface area contributed by atoms with Crippen molar-refractivity contribution in [3.8, 4) is 0 Å². The standard InChI is InChI=1S/C16H22N4O/c1-11(2)9-19-16(21)10-20(3)15-6-7-18-14-8-12(17)4-5-13(14)15/h4-8,11H,9-10,17H2,1-3H3,(H,19,21). The summed E-state index contributed by atoms with van der Waals surface area (Å²) < 4.78 is 0. The molecule has 0 bridgehead atoms. The Bertz CT molecular complexity index is 639. The van der Waals surface area contributed by atoms with Gasteiger partial charge in [0, 0.05) is 36.6 Å². The number of fused-ring (bicyclic) bond motifs is 1. The van der Waals surface area contributed by atoms with E-state index in [2.05, 4.69) is 24.1 Å². The molecule has 0 aliphatic heterocycles. The first-order valence-electron chi connectivity index (χ1n) is 7.09. The molecule has 112 valence electrons. The van der Waals surface area contributed by atoms with Crippen LogP contribution in [0.5, 0.6) is 0 Å². The molecular formula is C16H22N4O. The number of nitrogens with zero attached hydrogens (tertiary/aromatic N) is 2. The minimum atomic E-state index is 0.0200. The SMILES string of the molecule is CC(C)CNC(=O)CN(C)c1ccnc2cc(N)ccc12. The highest BCUT2D eigenvalue weighted by Crippen LogP contribution is 2.25. The normalized spacial score (nSPS) is 10.9.